The van der Waals surface area contributed by atoms with Gasteiger partial charge in [0.2, 0.25) is 0 Å². The van der Waals surface area contributed by atoms with Gasteiger partial charge in [0.25, 0.3) is 5.91 Å². The van der Waals surface area contributed by atoms with Crippen LogP contribution in [0.15, 0.2) is 0 Å². The lowest BCUT2D eigenvalue weighted by Crippen LogP contribution is -2.35. The molecule has 0 aromatic rings. The molecule has 0 aromatic carbocycles. The number of hydrogen-bond acceptors (Lipinski definition) is 3. The molecule has 1 aliphatic heterocycles. The van der Waals surface area contributed by atoms with Gasteiger partial charge in [-0.25, -0.2) is 4.79 Å². The van der Waals surface area contributed by atoms with Crippen LogP contribution in [0.2, 0.25) is 0 Å². The lowest BCUT2D eigenvalue weighted by molar-refractivity contribution is -0.121. The molecule has 0 spiro atoms. The average molecular weight is 167 g/mol. The van der Waals surface area contributed by atoms with E-state index in [-0.39, 0.29) is 18.2 Å². The van der Waals surface area contributed by atoms with E-state index < -0.39 is 12.1 Å². The first kappa shape index (κ1) is 8.53. The molecule has 2 unspecified atom stereocenters. The van der Waals surface area contributed by atoms with Gasteiger partial charge in [-0.3, -0.25) is 10.1 Å². The molecular weight excluding hydrogens is 158 g/mol. The number of urea groups is 1. The minimum atomic E-state index is -0.544. The lowest BCUT2D eigenvalue weighted by Gasteiger charge is -2.11. The molecule has 0 saturated carbocycles. The van der Waals surface area contributed by atoms with Crippen molar-refractivity contribution in [2.75, 3.05) is 0 Å². The molecule has 2 N–H and O–H groups in total. The van der Waals surface area contributed by atoms with Crippen LogP contribution >= 0.6 is 0 Å². The molecule has 2 atom stereocenters. The van der Waals surface area contributed by atoms with Gasteiger partial charge >= 0.3 is 6.03 Å². The van der Waals surface area contributed by atoms with Gasteiger partial charge in [-0.15, -0.1) is 0 Å². The monoisotopic (exact) mass is 167 g/mol. The fraction of sp³-hybridized carbons (Fsp3) is 0.571. The predicted molar refractivity (Wildman–Crippen MR) is 39.9 cm³/mol. The number of nitrogens with zero attached hydrogens (tertiary/aromatic N) is 1. The number of carbonyl (C=O) groups excluding carboxylic acids is 2. The topological polar surface area (TPSA) is 82.0 Å². The number of hydrogen-bond donors (Lipinski definition) is 2. The summed E-state index contributed by atoms with van der Waals surface area (Å²) in [6.45, 7) is 1.75. The Bertz CT molecular complexity index is 256. The summed E-state index contributed by atoms with van der Waals surface area (Å²) in [6, 6.07) is 0.927. The maximum atomic E-state index is 11.0. The summed E-state index contributed by atoms with van der Waals surface area (Å²) in [4.78, 5) is 21.6. The zero-order chi connectivity index (χ0) is 9.14. The predicted octanol–water partition coefficient (Wildman–Crippen LogP) is -0.256. The Morgan fingerprint density at radius 1 is 1.67 bits per heavy atom. The van der Waals surface area contributed by atoms with Gasteiger partial charge in [0, 0.05) is 6.42 Å². The first-order valence-electron chi connectivity index (χ1n) is 3.63. The van der Waals surface area contributed by atoms with Crippen LogP contribution < -0.4 is 10.6 Å². The molecule has 1 saturated heterocycles. The highest BCUT2D eigenvalue weighted by atomic mass is 16.2. The van der Waals surface area contributed by atoms with Gasteiger partial charge < -0.3 is 5.32 Å². The van der Waals surface area contributed by atoms with Crippen molar-refractivity contribution >= 4 is 11.9 Å². The maximum Gasteiger partial charge on any atom is 0.322 e. The van der Waals surface area contributed by atoms with Crippen molar-refractivity contribution in [2.24, 2.45) is 5.92 Å². The molecule has 1 aliphatic rings. The lowest BCUT2D eigenvalue weighted by atomic mass is 9.99. The minimum absolute atomic E-state index is 0.138. The van der Waals surface area contributed by atoms with Crippen molar-refractivity contribution in [1.82, 2.24) is 10.6 Å². The normalized spacial score (nSPS) is 24.2. The third kappa shape index (κ3) is 1.53. The molecule has 1 heterocycles. The van der Waals surface area contributed by atoms with Crippen molar-refractivity contribution in [3.63, 3.8) is 0 Å². The highest BCUT2D eigenvalue weighted by molar-refractivity contribution is 6.04. The van der Waals surface area contributed by atoms with Gasteiger partial charge in [-0.05, 0) is 5.92 Å². The van der Waals surface area contributed by atoms with Gasteiger partial charge in [0.05, 0.1) is 6.07 Å². The van der Waals surface area contributed by atoms with Crippen molar-refractivity contribution < 1.29 is 9.59 Å². The molecule has 0 aliphatic carbocycles. The zero-order valence-corrected chi connectivity index (χ0v) is 6.63. The summed E-state index contributed by atoms with van der Waals surface area (Å²) in [6.07, 6.45) is 0.262. The van der Waals surface area contributed by atoms with Crippen LogP contribution in [0.3, 0.4) is 0 Å². The van der Waals surface area contributed by atoms with Crippen LogP contribution in [-0.2, 0) is 4.79 Å². The number of carbonyl (C=O) groups is 2. The fourth-order valence-corrected chi connectivity index (χ4v) is 1.10. The second-order valence-corrected chi connectivity index (χ2v) is 2.78. The van der Waals surface area contributed by atoms with Gasteiger partial charge in [-0.1, -0.05) is 6.92 Å². The molecule has 0 radical (unpaired) electrons. The molecule has 0 aromatic heterocycles. The Morgan fingerprint density at radius 2 is 2.33 bits per heavy atom. The molecule has 1 fully saturated rings. The summed E-state index contributed by atoms with van der Waals surface area (Å²) >= 11 is 0. The van der Waals surface area contributed by atoms with E-state index >= 15 is 0 Å². The summed E-state index contributed by atoms with van der Waals surface area (Å²) in [5.41, 5.74) is 0. The number of rotatable bonds is 2. The highest BCUT2D eigenvalue weighted by Gasteiger charge is 2.33. The van der Waals surface area contributed by atoms with E-state index in [0.29, 0.717) is 0 Å². The van der Waals surface area contributed by atoms with Gasteiger partial charge in [-0.2, -0.15) is 5.26 Å². The Hall–Kier alpha value is -1.57. The third-order valence-corrected chi connectivity index (χ3v) is 1.79. The smallest absolute Gasteiger partial charge is 0.322 e. The zero-order valence-electron chi connectivity index (χ0n) is 6.63. The molecule has 0 bridgehead atoms. The Kier molecular flexibility index (Phi) is 2.29. The Labute approximate surface area is 69.7 Å². The largest absolute Gasteiger partial charge is 0.326 e. The first-order valence-corrected chi connectivity index (χ1v) is 3.63. The van der Waals surface area contributed by atoms with E-state index in [0.717, 1.165) is 0 Å². The van der Waals surface area contributed by atoms with Crippen molar-refractivity contribution in [3.8, 4) is 6.07 Å². The minimum Gasteiger partial charge on any atom is -0.326 e. The van der Waals surface area contributed by atoms with Crippen LogP contribution in [-0.4, -0.2) is 18.0 Å². The summed E-state index contributed by atoms with van der Waals surface area (Å²) in [5.74, 6) is -0.482. The third-order valence-electron chi connectivity index (χ3n) is 1.79. The first-order chi connectivity index (χ1) is 5.65. The summed E-state index contributed by atoms with van der Waals surface area (Å²) in [5, 5.41) is 12.9. The van der Waals surface area contributed by atoms with E-state index in [2.05, 4.69) is 10.6 Å². The van der Waals surface area contributed by atoms with Crippen molar-refractivity contribution in [2.45, 2.75) is 19.4 Å². The van der Waals surface area contributed by atoms with E-state index in [1.807, 2.05) is 6.07 Å². The quantitative estimate of drug-likeness (QED) is 0.556. The molecule has 3 amide bonds. The van der Waals surface area contributed by atoms with E-state index in [1.165, 1.54) is 0 Å². The molecule has 5 nitrogen and oxygen atoms in total. The average Bonchev–Trinajstić information content (AvgIpc) is 2.30. The van der Waals surface area contributed by atoms with Gasteiger partial charge in [0.1, 0.15) is 6.04 Å². The maximum absolute atomic E-state index is 11.0. The van der Waals surface area contributed by atoms with Gasteiger partial charge in [0.15, 0.2) is 0 Å². The van der Waals surface area contributed by atoms with Crippen LogP contribution in [0, 0.1) is 17.2 Å². The molecule has 5 heteroatoms. The molecular formula is C7H9N3O2. The molecule has 1 rings (SSSR count). The van der Waals surface area contributed by atoms with Crippen LogP contribution in [0.5, 0.6) is 0 Å². The number of amides is 3. The number of nitriles is 1. The number of imide groups is 1. The molecule has 64 valence electrons. The van der Waals surface area contributed by atoms with Crippen molar-refractivity contribution in [3.05, 3.63) is 0 Å². The highest BCUT2D eigenvalue weighted by Crippen LogP contribution is 2.10. The standard InChI is InChI=1S/C7H9N3O2/c1-4(2-3-8)5-6(11)10-7(12)9-5/h4-5H,2H2,1H3,(H2,9,10,11,12). The van der Waals surface area contributed by atoms with Crippen molar-refractivity contribution in [1.29, 1.82) is 5.26 Å². The van der Waals surface area contributed by atoms with Crippen LogP contribution in [0.1, 0.15) is 13.3 Å². The number of nitrogens with one attached hydrogen (secondary N) is 2. The van der Waals surface area contributed by atoms with E-state index in [1.54, 1.807) is 6.92 Å². The van der Waals surface area contributed by atoms with E-state index in [4.69, 9.17) is 5.26 Å². The molecule has 12 heavy (non-hydrogen) atoms. The van der Waals surface area contributed by atoms with Crippen LogP contribution in [0.25, 0.3) is 0 Å². The second kappa shape index (κ2) is 3.22. The van der Waals surface area contributed by atoms with E-state index in [9.17, 15) is 9.59 Å². The fourth-order valence-electron chi connectivity index (χ4n) is 1.10. The summed E-state index contributed by atoms with van der Waals surface area (Å²) in [7, 11) is 0. The van der Waals surface area contributed by atoms with Crippen LogP contribution in [0.4, 0.5) is 4.79 Å². The summed E-state index contributed by atoms with van der Waals surface area (Å²) < 4.78 is 0. The Balaban J connectivity index is 2.59. The Morgan fingerprint density at radius 3 is 2.75 bits per heavy atom. The SMILES string of the molecule is CC(CC#N)C1NC(=O)NC1=O. The second-order valence-electron chi connectivity index (χ2n) is 2.78.